The van der Waals surface area contributed by atoms with E-state index in [2.05, 4.69) is 30.6 Å². The number of aromatic hydroxyl groups is 1. The van der Waals surface area contributed by atoms with E-state index in [-0.39, 0.29) is 5.75 Å². The summed E-state index contributed by atoms with van der Waals surface area (Å²) < 4.78 is 0. The molecule has 8 heteroatoms. The summed E-state index contributed by atoms with van der Waals surface area (Å²) in [6.45, 7) is 0. The quantitative estimate of drug-likeness (QED) is 0.543. The molecule has 0 radical (unpaired) electrons. The molecule has 1 saturated carbocycles. The lowest BCUT2D eigenvalue weighted by Crippen LogP contribution is -2.22. The Hall–Kier alpha value is -2.87. The normalized spacial score (nSPS) is 18.8. The smallest absolute Gasteiger partial charge is 0.222 e. The number of nitrogens with one attached hydrogen (secondary N) is 2. The first kappa shape index (κ1) is 18.5. The highest BCUT2D eigenvalue weighted by molar-refractivity contribution is 7.98. The molecule has 0 unspecified atom stereocenters. The minimum absolute atomic E-state index is 0.204. The van der Waals surface area contributed by atoms with E-state index in [1.807, 2.05) is 30.8 Å². The molecule has 3 N–H and O–H groups in total. The molecule has 4 rings (SSSR count). The van der Waals surface area contributed by atoms with E-state index in [4.69, 9.17) is 0 Å². The van der Waals surface area contributed by atoms with Crippen LogP contribution >= 0.6 is 11.8 Å². The number of rotatable bonds is 6. The van der Waals surface area contributed by atoms with Crippen LogP contribution < -0.4 is 10.6 Å². The average molecular weight is 395 g/mol. The van der Waals surface area contributed by atoms with Gasteiger partial charge >= 0.3 is 0 Å². The van der Waals surface area contributed by atoms with E-state index in [1.165, 1.54) is 0 Å². The average Bonchev–Trinajstić information content (AvgIpc) is 3.16. The molecule has 0 bridgehead atoms. The van der Waals surface area contributed by atoms with Gasteiger partial charge in [-0.3, -0.25) is 4.98 Å². The van der Waals surface area contributed by atoms with E-state index in [0.717, 1.165) is 35.5 Å². The van der Waals surface area contributed by atoms with Gasteiger partial charge in [-0.2, -0.15) is 0 Å². The molecule has 28 heavy (non-hydrogen) atoms. The lowest BCUT2D eigenvalue weighted by Gasteiger charge is -2.15. The number of aromatic nitrogens is 4. The number of hydrogen-bond acceptors (Lipinski definition) is 8. The Kier molecular flexibility index (Phi) is 5.57. The number of thioether (sulfide) groups is 1. The minimum Gasteiger partial charge on any atom is -0.507 e. The number of anilines is 2. The summed E-state index contributed by atoms with van der Waals surface area (Å²) in [6.07, 6.45) is 13.8. The van der Waals surface area contributed by atoms with Crippen LogP contribution in [0.5, 0.6) is 5.75 Å². The second kappa shape index (κ2) is 8.43. The van der Waals surface area contributed by atoms with E-state index >= 15 is 0 Å². The first-order chi connectivity index (χ1) is 13.7. The fourth-order valence-corrected chi connectivity index (χ4v) is 3.70. The van der Waals surface area contributed by atoms with Crippen molar-refractivity contribution in [2.75, 3.05) is 16.9 Å². The molecule has 0 amide bonds. The van der Waals surface area contributed by atoms with Crippen molar-refractivity contribution in [1.82, 2.24) is 19.9 Å². The van der Waals surface area contributed by atoms with Crippen LogP contribution in [0.2, 0.25) is 0 Å². The Morgan fingerprint density at radius 3 is 2.43 bits per heavy atom. The highest BCUT2D eigenvalue weighted by atomic mass is 32.2. The van der Waals surface area contributed by atoms with E-state index in [9.17, 15) is 5.11 Å². The van der Waals surface area contributed by atoms with Crippen LogP contribution in [0.15, 0.2) is 54.1 Å². The standard InChI is InChI=1S/C20H22N6OS/c1-28-16-10-23-20(24-11-16)26-15-4-3-14(8-15)25-19-5-2-13(9-22-19)17-12-21-7-6-18(17)27/h2,5-7,9-12,14-15H,3-4,8H2,1H3,(H,21,27)(H,22,25)(H,23,24,26)/t14-,15-/m0/s1. The van der Waals surface area contributed by atoms with Crippen molar-refractivity contribution in [3.8, 4) is 16.9 Å². The van der Waals surface area contributed by atoms with Crippen LogP contribution in [0.3, 0.4) is 0 Å². The Morgan fingerprint density at radius 2 is 1.75 bits per heavy atom. The zero-order valence-electron chi connectivity index (χ0n) is 15.5. The molecule has 0 aromatic carbocycles. The van der Waals surface area contributed by atoms with Crippen LogP contribution in [-0.4, -0.2) is 43.4 Å². The maximum atomic E-state index is 9.94. The van der Waals surface area contributed by atoms with Crippen LogP contribution in [0.25, 0.3) is 11.1 Å². The van der Waals surface area contributed by atoms with Gasteiger partial charge in [0.2, 0.25) is 5.95 Å². The van der Waals surface area contributed by atoms with Gasteiger partial charge in [-0.15, -0.1) is 11.8 Å². The summed E-state index contributed by atoms with van der Waals surface area (Å²) >= 11 is 1.64. The van der Waals surface area contributed by atoms with Crippen molar-refractivity contribution in [3.05, 3.63) is 49.2 Å². The van der Waals surface area contributed by atoms with Crippen LogP contribution in [0.1, 0.15) is 19.3 Å². The third kappa shape index (κ3) is 4.33. The van der Waals surface area contributed by atoms with Gasteiger partial charge in [0.15, 0.2) is 0 Å². The van der Waals surface area contributed by atoms with Gasteiger partial charge in [-0.25, -0.2) is 15.0 Å². The molecule has 7 nitrogen and oxygen atoms in total. The lowest BCUT2D eigenvalue weighted by atomic mass is 10.1. The summed E-state index contributed by atoms with van der Waals surface area (Å²) in [5, 5.41) is 16.9. The molecule has 1 aliphatic carbocycles. The van der Waals surface area contributed by atoms with Gasteiger partial charge < -0.3 is 15.7 Å². The molecule has 144 valence electrons. The zero-order chi connectivity index (χ0) is 19.3. The van der Waals surface area contributed by atoms with Gasteiger partial charge in [0.25, 0.3) is 0 Å². The van der Waals surface area contributed by atoms with Crippen molar-refractivity contribution < 1.29 is 5.11 Å². The molecule has 3 aromatic heterocycles. The Bertz CT molecular complexity index is 919. The number of nitrogens with zero attached hydrogens (tertiary/aromatic N) is 4. The van der Waals surface area contributed by atoms with Crippen molar-refractivity contribution >= 4 is 23.5 Å². The Morgan fingerprint density at radius 1 is 0.964 bits per heavy atom. The highest BCUT2D eigenvalue weighted by Gasteiger charge is 2.25. The third-order valence-corrected chi connectivity index (χ3v) is 5.54. The van der Waals surface area contributed by atoms with Crippen LogP contribution in [0.4, 0.5) is 11.8 Å². The maximum Gasteiger partial charge on any atom is 0.222 e. The minimum atomic E-state index is 0.204. The first-order valence-electron chi connectivity index (χ1n) is 9.20. The summed E-state index contributed by atoms with van der Waals surface area (Å²) in [5.41, 5.74) is 1.52. The fourth-order valence-electron chi connectivity index (χ4n) is 3.38. The summed E-state index contributed by atoms with van der Waals surface area (Å²) in [7, 11) is 0. The van der Waals surface area contributed by atoms with Crippen molar-refractivity contribution in [2.24, 2.45) is 0 Å². The van der Waals surface area contributed by atoms with E-state index < -0.39 is 0 Å². The number of hydrogen-bond donors (Lipinski definition) is 3. The Labute approximate surface area is 168 Å². The van der Waals surface area contributed by atoms with Gasteiger partial charge in [-0.1, -0.05) is 0 Å². The Balaban J connectivity index is 1.33. The molecule has 0 aliphatic heterocycles. The second-order valence-electron chi connectivity index (χ2n) is 6.77. The SMILES string of the molecule is CSc1cnc(N[C@H]2CC[C@H](Nc3ccc(-c4cnccc4O)cn3)C2)nc1. The van der Waals surface area contributed by atoms with Crippen molar-refractivity contribution in [2.45, 2.75) is 36.2 Å². The van der Waals surface area contributed by atoms with Gasteiger partial charge in [0.05, 0.1) is 0 Å². The van der Waals surface area contributed by atoms with Gasteiger partial charge in [0.1, 0.15) is 11.6 Å². The predicted molar refractivity (Wildman–Crippen MR) is 112 cm³/mol. The fraction of sp³-hybridized carbons (Fsp3) is 0.300. The number of pyridine rings is 2. The van der Waals surface area contributed by atoms with E-state index in [0.29, 0.717) is 23.6 Å². The maximum absolute atomic E-state index is 9.94. The summed E-state index contributed by atoms with van der Waals surface area (Å²) in [5.74, 6) is 1.72. The largest absolute Gasteiger partial charge is 0.507 e. The summed E-state index contributed by atoms with van der Waals surface area (Å²) in [6, 6.07) is 6.16. The molecular formula is C20H22N6OS. The molecule has 2 atom stereocenters. The molecule has 1 aliphatic rings. The lowest BCUT2D eigenvalue weighted by molar-refractivity contribution is 0.476. The van der Waals surface area contributed by atoms with Gasteiger partial charge in [0, 0.05) is 59.1 Å². The molecular weight excluding hydrogens is 372 g/mol. The molecule has 1 fully saturated rings. The first-order valence-corrected chi connectivity index (χ1v) is 10.4. The molecule has 3 heterocycles. The second-order valence-corrected chi connectivity index (χ2v) is 7.65. The van der Waals surface area contributed by atoms with Gasteiger partial charge in [-0.05, 0) is 43.7 Å². The van der Waals surface area contributed by atoms with Crippen molar-refractivity contribution in [1.29, 1.82) is 0 Å². The van der Waals surface area contributed by atoms with Crippen LogP contribution in [-0.2, 0) is 0 Å². The predicted octanol–water partition coefficient (Wildman–Crippen LogP) is 3.81. The monoisotopic (exact) mass is 394 g/mol. The molecule has 0 spiro atoms. The summed E-state index contributed by atoms with van der Waals surface area (Å²) in [4.78, 5) is 18.3. The molecule has 0 saturated heterocycles. The van der Waals surface area contributed by atoms with E-state index in [1.54, 1.807) is 36.4 Å². The topological polar surface area (TPSA) is 95.9 Å². The van der Waals surface area contributed by atoms with Crippen molar-refractivity contribution in [3.63, 3.8) is 0 Å². The zero-order valence-corrected chi connectivity index (χ0v) is 16.4. The molecule has 3 aromatic rings. The highest BCUT2D eigenvalue weighted by Crippen LogP contribution is 2.29. The van der Waals surface area contributed by atoms with Crippen LogP contribution in [0, 0.1) is 0 Å². The third-order valence-electron chi connectivity index (χ3n) is 4.85.